The summed E-state index contributed by atoms with van der Waals surface area (Å²) in [6, 6.07) is 3.21. The highest BCUT2D eigenvalue weighted by Gasteiger charge is 2.38. The number of carboxylic acid groups (broad SMARTS) is 1. The van der Waals surface area contributed by atoms with E-state index in [4.69, 9.17) is 9.84 Å². The first kappa shape index (κ1) is 18.8. The van der Waals surface area contributed by atoms with Crippen LogP contribution in [-0.2, 0) is 4.74 Å². The van der Waals surface area contributed by atoms with Crippen LogP contribution in [0.25, 0.3) is 10.9 Å². The van der Waals surface area contributed by atoms with Gasteiger partial charge in [0.15, 0.2) is 5.75 Å². The summed E-state index contributed by atoms with van der Waals surface area (Å²) in [4.78, 5) is 25.6. The van der Waals surface area contributed by atoms with Gasteiger partial charge in [0.25, 0.3) is 0 Å². The zero-order chi connectivity index (χ0) is 21.0. The van der Waals surface area contributed by atoms with E-state index in [9.17, 15) is 14.9 Å². The molecule has 2 aromatic rings. The van der Waals surface area contributed by atoms with E-state index in [1.165, 1.54) is 6.20 Å². The lowest BCUT2D eigenvalue weighted by Crippen LogP contribution is -2.47. The Morgan fingerprint density at radius 2 is 2.20 bits per heavy atom. The van der Waals surface area contributed by atoms with Gasteiger partial charge in [-0.15, -0.1) is 0 Å². The van der Waals surface area contributed by atoms with Crippen molar-refractivity contribution >= 4 is 22.7 Å². The molecular weight excluding hydrogens is 395 g/mol. The molecule has 0 amide bonds. The first-order chi connectivity index (χ1) is 14.5. The van der Waals surface area contributed by atoms with Crippen LogP contribution < -0.4 is 20.4 Å². The summed E-state index contributed by atoms with van der Waals surface area (Å²) in [7, 11) is 0. The normalized spacial score (nSPS) is 23.3. The quantitative estimate of drug-likeness (QED) is 0.727. The number of ether oxygens (including phenoxy) is 2. The molecule has 2 saturated heterocycles. The molecule has 2 aliphatic heterocycles. The van der Waals surface area contributed by atoms with Gasteiger partial charge in [-0.2, -0.15) is 5.26 Å². The second kappa shape index (κ2) is 6.97. The summed E-state index contributed by atoms with van der Waals surface area (Å²) in [5.41, 5.74) is -0.241. The molecule has 2 atom stereocenters. The van der Waals surface area contributed by atoms with Crippen molar-refractivity contribution in [1.82, 2.24) is 9.88 Å². The highest BCUT2D eigenvalue weighted by molar-refractivity contribution is 5.92. The maximum Gasteiger partial charge on any atom is 0.511 e. The molecule has 9 nitrogen and oxygen atoms in total. The summed E-state index contributed by atoms with van der Waals surface area (Å²) in [5.74, 6) is -1.10. The van der Waals surface area contributed by atoms with E-state index < -0.39 is 23.2 Å². The van der Waals surface area contributed by atoms with Crippen LogP contribution in [0.1, 0.15) is 24.4 Å². The number of aromatic nitrogens is 1. The van der Waals surface area contributed by atoms with Crippen LogP contribution in [0.2, 0.25) is 0 Å². The van der Waals surface area contributed by atoms with Gasteiger partial charge < -0.3 is 29.4 Å². The molecule has 3 aliphatic rings. The molecule has 1 saturated carbocycles. The topological polar surface area (TPSA) is 117 Å². The summed E-state index contributed by atoms with van der Waals surface area (Å²) in [5, 5.41) is 22.2. The molecule has 1 aromatic heterocycles. The average Bonchev–Trinajstić information content (AvgIpc) is 3.47. The number of nitriles is 1. The van der Waals surface area contributed by atoms with Crippen LogP contribution in [-0.4, -0.2) is 54.2 Å². The van der Waals surface area contributed by atoms with Gasteiger partial charge in [-0.25, -0.2) is 9.18 Å². The Bertz CT molecular complexity index is 1140. The monoisotopic (exact) mass is 414 g/mol. The van der Waals surface area contributed by atoms with Gasteiger partial charge in [0, 0.05) is 25.7 Å². The van der Waals surface area contributed by atoms with Gasteiger partial charge in [-0.1, -0.05) is 0 Å². The van der Waals surface area contributed by atoms with E-state index in [2.05, 4.69) is 16.1 Å². The number of pyridine rings is 1. The summed E-state index contributed by atoms with van der Waals surface area (Å²) >= 11 is 0. The third kappa shape index (κ3) is 2.98. The Labute approximate surface area is 170 Å². The highest BCUT2D eigenvalue weighted by Crippen LogP contribution is 2.41. The Morgan fingerprint density at radius 3 is 2.87 bits per heavy atom. The van der Waals surface area contributed by atoms with Crippen molar-refractivity contribution < 1.29 is 23.8 Å². The van der Waals surface area contributed by atoms with Gasteiger partial charge in [-0.3, -0.25) is 4.79 Å². The van der Waals surface area contributed by atoms with Crippen molar-refractivity contribution in [3.63, 3.8) is 0 Å². The van der Waals surface area contributed by atoms with E-state index in [0.29, 0.717) is 31.8 Å². The number of nitrogens with zero attached hydrogens (tertiary/aromatic N) is 3. The van der Waals surface area contributed by atoms with Gasteiger partial charge in [0.2, 0.25) is 5.43 Å². The highest BCUT2D eigenvalue weighted by atomic mass is 19.1. The smallest absolute Gasteiger partial charge is 0.449 e. The fourth-order valence-corrected chi connectivity index (χ4v) is 4.45. The number of rotatable bonds is 3. The first-order valence-corrected chi connectivity index (χ1v) is 9.80. The Kier molecular flexibility index (Phi) is 4.38. The molecule has 0 radical (unpaired) electrons. The zero-order valence-corrected chi connectivity index (χ0v) is 15.9. The van der Waals surface area contributed by atoms with Crippen LogP contribution in [0.4, 0.5) is 14.9 Å². The molecule has 30 heavy (non-hydrogen) atoms. The average molecular weight is 414 g/mol. The minimum atomic E-state index is -1.63. The molecule has 2 unspecified atom stereocenters. The summed E-state index contributed by atoms with van der Waals surface area (Å²) in [6.07, 6.45) is 1.21. The second-order valence-electron chi connectivity index (χ2n) is 7.79. The molecule has 10 heteroatoms. The second-order valence-corrected chi connectivity index (χ2v) is 7.79. The number of benzene rings is 1. The lowest BCUT2D eigenvalue weighted by Gasteiger charge is -2.25. The SMILES string of the molecule is N#Cc1c(N2CC3NCCOC3C2)c(F)cc2c(=O)c(OC(=O)O)cn(C3CC3)c12. The molecule has 156 valence electrons. The van der Waals surface area contributed by atoms with Crippen molar-refractivity contribution in [1.29, 1.82) is 5.26 Å². The molecule has 0 spiro atoms. The minimum Gasteiger partial charge on any atom is -0.449 e. The number of nitrogens with one attached hydrogen (secondary N) is 1. The predicted molar refractivity (Wildman–Crippen MR) is 104 cm³/mol. The fourth-order valence-electron chi connectivity index (χ4n) is 4.45. The van der Waals surface area contributed by atoms with Crippen molar-refractivity contribution in [2.45, 2.75) is 31.0 Å². The summed E-state index contributed by atoms with van der Waals surface area (Å²) < 4.78 is 27.3. The standard InChI is InChI=1S/C20H19FN4O5/c21-13-5-11-17(25(10-1-2-10)9-16(19(11)26)30-20(27)28)12(6-22)18(13)24-7-14-15(8-24)29-4-3-23-14/h5,9-10,14-15,23H,1-4,7-8H2,(H,27,28). The number of hydrogen-bond donors (Lipinski definition) is 2. The zero-order valence-electron chi connectivity index (χ0n) is 15.9. The van der Waals surface area contributed by atoms with Gasteiger partial charge in [-0.05, 0) is 18.9 Å². The molecule has 1 aliphatic carbocycles. The Balaban J connectivity index is 1.71. The summed E-state index contributed by atoms with van der Waals surface area (Å²) in [6.45, 7) is 2.21. The largest absolute Gasteiger partial charge is 0.511 e. The van der Waals surface area contributed by atoms with E-state index in [-0.39, 0.29) is 34.8 Å². The Hall–Kier alpha value is -3.16. The van der Waals surface area contributed by atoms with Crippen LogP contribution in [0.3, 0.4) is 0 Å². The molecule has 3 heterocycles. The van der Waals surface area contributed by atoms with Crippen LogP contribution in [0, 0.1) is 17.1 Å². The maximum atomic E-state index is 15.3. The van der Waals surface area contributed by atoms with E-state index >= 15 is 4.39 Å². The Morgan fingerprint density at radius 1 is 1.40 bits per heavy atom. The van der Waals surface area contributed by atoms with Crippen molar-refractivity contribution in [3.8, 4) is 11.8 Å². The number of halogens is 1. The van der Waals surface area contributed by atoms with Gasteiger partial charge in [0.1, 0.15) is 17.4 Å². The predicted octanol–water partition coefficient (Wildman–Crippen LogP) is 1.58. The molecule has 5 rings (SSSR count). The number of hydrogen-bond acceptors (Lipinski definition) is 7. The number of morpholine rings is 1. The molecule has 1 aromatic carbocycles. The van der Waals surface area contributed by atoms with Gasteiger partial charge >= 0.3 is 6.16 Å². The number of carbonyl (C=O) groups is 1. The van der Waals surface area contributed by atoms with E-state index in [1.54, 1.807) is 9.47 Å². The van der Waals surface area contributed by atoms with E-state index in [1.807, 2.05) is 0 Å². The molecule has 2 N–H and O–H groups in total. The van der Waals surface area contributed by atoms with Crippen LogP contribution in [0.15, 0.2) is 17.1 Å². The lowest BCUT2D eigenvalue weighted by molar-refractivity contribution is 0.0212. The van der Waals surface area contributed by atoms with Crippen molar-refractivity contribution in [2.24, 2.45) is 0 Å². The third-order valence-electron chi connectivity index (χ3n) is 5.88. The number of anilines is 1. The first-order valence-electron chi connectivity index (χ1n) is 9.80. The van der Waals surface area contributed by atoms with E-state index in [0.717, 1.165) is 18.9 Å². The third-order valence-corrected chi connectivity index (χ3v) is 5.88. The van der Waals surface area contributed by atoms with Crippen molar-refractivity contribution in [3.05, 3.63) is 33.9 Å². The van der Waals surface area contributed by atoms with Gasteiger partial charge in [0.05, 0.1) is 41.5 Å². The van der Waals surface area contributed by atoms with Crippen molar-refractivity contribution in [2.75, 3.05) is 31.1 Å². The fraction of sp³-hybridized carbons (Fsp3) is 0.450. The molecule has 3 fully saturated rings. The van der Waals surface area contributed by atoms with Crippen LogP contribution >= 0.6 is 0 Å². The van der Waals surface area contributed by atoms with Crippen LogP contribution in [0.5, 0.6) is 5.75 Å². The molecule has 0 bridgehead atoms. The maximum absolute atomic E-state index is 15.3. The minimum absolute atomic E-state index is 0.000754. The molecular formula is C20H19FN4O5. The lowest BCUT2D eigenvalue weighted by atomic mass is 10.1. The number of fused-ring (bicyclic) bond motifs is 2.